The minimum atomic E-state index is -0.870. The summed E-state index contributed by atoms with van der Waals surface area (Å²) in [5, 5.41) is 28.3. The van der Waals surface area contributed by atoms with Crippen molar-refractivity contribution in [1.29, 1.82) is 10.5 Å². The van der Waals surface area contributed by atoms with E-state index in [9.17, 15) is 20.1 Å². The minimum absolute atomic E-state index is 0.0412. The average Bonchev–Trinajstić information content (AvgIpc) is 2.80. The van der Waals surface area contributed by atoms with E-state index in [-0.39, 0.29) is 43.0 Å². The minimum Gasteiger partial charge on any atom is -0.459 e. The lowest BCUT2D eigenvalue weighted by molar-refractivity contribution is -0.146. The number of allylic oxidation sites excluding steroid dienone is 3. The lowest BCUT2D eigenvalue weighted by Crippen LogP contribution is -2.32. The number of carbonyl (C=O) groups excluding carboxylic acids is 2. The molecule has 0 unspecified atom stereocenters. The first-order valence-electron chi connectivity index (χ1n) is 10.9. The molecule has 0 aliphatic heterocycles. The number of nitrogens with zero attached hydrogens (tertiary/aromatic N) is 3. The van der Waals surface area contributed by atoms with Crippen molar-refractivity contribution in [3.05, 3.63) is 35.1 Å². The van der Waals surface area contributed by atoms with E-state index in [1.807, 2.05) is 31.9 Å². The number of carbonyl (C=O) groups is 2. The van der Waals surface area contributed by atoms with E-state index in [2.05, 4.69) is 12.6 Å². The van der Waals surface area contributed by atoms with Crippen LogP contribution in [-0.2, 0) is 28.5 Å². The molecule has 10 nitrogen and oxygen atoms in total. The molecule has 0 aromatic carbocycles. The molecule has 0 heterocycles. The Balaban J connectivity index is 2.99. The Hall–Kier alpha value is -3.18. The number of aliphatic hydroxyl groups is 1. The fourth-order valence-corrected chi connectivity index (χ4v) is 3.38. The molecule has 1 aliphatic carbocycles. The first-order valence-corrected chi connectivity index (χ1v) is 10.9. The lowest BCUT2D eigenvalue weighted by Gasteiger charge is -2.37. The summed E-state index contributed by atoms with van der Waals surface area (Å²) < 4.78 is 20.5. The van der Waals surface area contributed by atoms with Crippen LogP contribution in [0.5, 0.6) is 0 Å². The third-order valence-corrected chi connectivity index (χ3v) is 4.99. The number of likely N-dealkylation sites (N-methyl/N-ethyl adjacent to an activating group) is 1. The fraction of sp³-hybridized carbons (Fsp3) is 0.583. The molecule has 1 rings (SSSR count). The van der Waals surface area contributed by atoms with Gasteiger partial charge in [-0.05, 0) is 23.8 Å². The molecule has 1 N–H and O–H groups in total. The summed E-state index contributed by atoms with van der Waals surface area (Å²) in [6.45, 7) is 8.72. The highest BCUT2D eigenvalue weighted by Crippen LogP contribution is 2.43. The quantitative estimate of drug-likeness (QED) is 0.170. The lowest BCUT2D eigenvalue weighted by atomic mass is 9.72. The van der Waals surface area contributed by atoms with E-state index < -0.39 is 11.9 Å². The molecule has 0 saturated heterocycles. The van der Waals surface area contributed by atoms with Gasteiger partial charge in [0.1, 0.15) is 30.9 Å². The van der Waals surface area contributed by atoms with Gasteiger partial charge in [-0.15, -0.1) is 0 Å². The van der Waals surface area contributed by atoms with Crippen molar-refractivity contribution in [2.24, 2.45) is 5.41 Å². The maximum absolute atomic E-state index is 12.6. The van der Waals surface area contributed by atoms with Crippen molar-refractivity contribution in [1.82, 2.24) is 4.90 Å². The van der Waals surface area contributed by atoms with Crippen LogP contribution in [0, 0.1) is 28.1 Å². The zero-order chi connectivity index (χ0) is 25.6. The number of esters is 2. The van der Waals surface area contributed by atoms with Crippen LogP contribution in [0.4, 0.5) is 0 Å². The van der Waals surface area contributed by atoms with E-state index >= 15 is 0 Å². The van der Waals surface area contributed by atoms with Crippen LogP contribution in [0.25, 0.3) is 0 Å². The summed E-state index contributed by atoms with van der Waals surface area (Å²) in [5.41, 5.74) is 0.797. The Bertz CT molecular complexity index is 878. The number of hydrogen-bond donors (Lipinski definition) is 1. The molecular formula is C24H33N3O7. The first kappa shape index (κ1) is 28.9. The largest absolute Gasteiger partial charge is 0.459 e. The molecule has 0 spiro atoms. The normalized spacial score (nSPS) is 16.2. The molecule has 186 valence electrons. The zero-order valence-corrected chi connectivity index (χ0v) is 20.1. The second kappa shape index (κ2) is 14.9. The van der Waals surface area contributed by atoms with Crippen LogP contribution in [0.15, 0.2) is 35.1 Å². The summed E-state index contributed by atoms with van der Waals surface area (Å²) in [6, 6.07) is 4.05. The van der Waals surface area contributed by atoms with Crippen molar-refractivity contribution in [3.63, 3.8) is 0 Å². The van der Waals surface area contributed by atoms with Crippen molar-refractivity contribution < 1.29 is 33.6 Å². The molecule has 1 aliphatic rings. The Labute approximate surface area is 200 Å². The third-order valence-electron chi connectivity index (χ3n) is 4.99. The summed E-state index contributed by atoms with van der Waals surface area (Å²) in [6.07, 6.45) is 1.93. The molecule has 0 aromatic rings. The first-order chi connectivity index (χ1) is 16.2. The zero-order valence-electron chi connectivity index (χ0n) is 20.1. The molecule has 0 aromatic heterocycles. The van der Waals surface area contributed by atoms with Crippen LogP contribution in [-0.4, -0.2) is 81.8 Å². The summed E-state index contributed by atoms with van der Waals surface area (Å²) in [5.74, 6) is -1.51. The number of aliphatic hydroxyl groups excluding tert-OH is 1. The molecule has 0 bridgehead atoms. The molecule has 0 radical (unpaired) electrons. The number of ether oxygens (including phenoxy) is 4. The Morgan fingerprint density at radius 2 is 1.74 bits per heavy atom. The molecular weight excluding hydrogens is 442 g/mol. The van der Waals surface area contributed by atoms with E-state index in [0.29, 0.717) is 50.5 Å². The number of nitriles is 2. The maximum atomic E-state index is 12.6. The van der Waals surface area contributed by atoms with Crippen LogP contribution in [0.2, 0.25) is 0 Å². The topological polar surface area (TPSA) is 142 Å². The summed E-state index contributed by atoms with van der Waals surface area (Å²) >= 11 is 0. The van der Waals surface area contributed by atoms with E-state index in [0.717, 1.165) is 6.08 Å². The Morgan fingerprint density at radius 3 is 2.32 bits per heavy atom. The Kier molecular flexibility index (Phi) is 12.6. The van der Waals surface area contributed by atoms with Crippen LogP contribution in [0.1, 0.15) is 26.7 Å². The predicted octanol–water partition coefficient (Wildman–Crippen LogP) is 1.63. The molecule has 0 fully saturated rings. The fourth-order valence-electron chi connectivity index (χ4n) is 3.38. The smallest absolute Gasteiger partial charge is 0.349 e. The third kappa shape index (κ3) is 9.36. The van der Waals surface area contributed by atoms with E-state index in [1.165, 1.54) is 0 Å². The number of rotatable bonds is 14. The van der Waals surface area contributed by atoms with Gasteiger partial charge in [-0.1, -0.05) is 20.4 Å². The van der Waals surface area contributed by atoms with Gasteiger partial charge in [-0.3, -0.25) is 0 Å². The van der Waals surface area contributed by atoms with Gasteiger partial charge in [-0.2, -0.15) is 10.5 Å². The molecule has 34 heavy (non-hydrogen) atoms. The van der Waals surface area contributed by atoms with Crippen molar-refractivity contribution in [3.8, 4) is 12.1 Å². The maximum Gasteiger partial charge on any atom is 0.349 e. The molecule has 10 heteroatoms. The van der Waals surface area contributed by atoms with Gasteiger partial charge in [0.05, 0.1) is 38.6 Å². The SMILES string of the molecule is C=CC(=O)OCCOC(=O)/C(C#N)=C1/CC(C)(C)CC(N(C)CCOCCOCCO)=C1C#N. The Morgan fingerprint density at radius 1 is 1.09 bits per heavy atom. The highest BCUT2D eigenvalue weighted by Gasteiger charge is 2.35. The van der Waals surface area contributed by atoms with Gasteiger partial charge in [-0.25, -0.2) is 9.59 Å². The van der Waals surface area contributed by atoms with Crippen molar-refractivity contribution in [2.75, 3.05) is 59.8 Å². The van der Waals surface area contributed by atoms with Crippen molar-refractivity contribution >= 4 is 11.9 Å². The summed E-state index contributed by atoms with van der Waals surface area (Å²) in [7, 11) is 1.83. The highest BCUT2D eigenvalue weighted by atomic mass is 16.6. The molecule has 0 amide bonds. The number of hydrogen-bond acceptors (Lipinski definition) is 10. The van der Waals surface area contributed by atoms with Gasteiger partial charge < -0.3 is 29.0 Å². The highest BCUT2D eigenvalue weighted by molar-refractivity contribution is 5.95. The average molecular weight is 476 g/mol. The van der Waals surface area contributed by atoms with Crippen molar-refractivity contribution in [2.45, 2.75) is 26.7 Å². The van der Waals surface area contributed by atoms with Gasteiger partial charge in [0, 0.05) is 25.4 Å². The van der Waals surface area contributed by atoms with Gasteiger partial charge in [0.25, 0.3) is 0 Å². The van der Waals surface area contributed by atoms with Crippen LogP contribution < -0.4 is 0 Å². The van der Waals surface area contributed by atoms with Gasteiger partial charge in [0.2, 0.25) is 0 Å². The molecule has 0 saturated carbocycles. The van der Waals surface area contributed by atoms with E-state index in [4.69, 9.17) is 24.1 Å². The van der Waals surface area contributed by atoms with Gasteiger partial charge in [0.15, 0.2) is 0 Å². The molecule has 0 atom stereocenters. The standard InChI is InChI=1S/C24H33N3O7/c1-5-22(29)33-12-13-34-23(30)20(17-26)18-14-24(2,3)15-21(19(18)16-25)27(4)6-8-31-10-11-32-9-7-28/h5,28H,1,6-15H2,2-4H3/b20-18-. The van der Waals surface area contributed by atoms with Crippen LogP contribution in [0.3, 0.4) is 0 Å². The second-order valence-corrected chi connectivity index (χ2v) is 8.29. The predicted molar refractivity (Wildman–Crippen MR) is 122 cm³/mol. The van der Waals surface area contributed by atoms with E-state index in [1.54, 1.807) is 0 Å². The van der Waals surface area contributed by atoms with Crippen LogP contribution >= 0.6 is 0 Å². The second-order valence-electron chi connectivity index (χ2n) is 8.29. The monoisotopic (exact) mass is 475 g/mol. The summed E-state index contributed by atoms with van der Waals surface area (Å²) in [4.78, 5) is 25.6. The van der Waals surface area contributed by atoms with Gasteiger partial charge >= 0.3 is 11.9 Å².